The molecule has 116 valence electrons. The van der Waals surface area contributed by atoms with Crippen molar-refractivity contribution in [1.82, 2.24) is 14.5 Å². The normalized spacial score (nSPS) is 11.4. The molecule has 0 radical (unpaired) electrons. The van der Waals surface area contributed by atoms with Crippen LogP contribution in [-0.4, -0.2) is 58.9 Å². The molecule has 0 amide bonds. The van der Waals surface area contributed by atoms with Gasteiger partial charge in [0.05, 0.1) is 18.7 Å². The molecule has 2 rings (SSSR count). The average molecular weight is 404 g/mol. The van der Waals surface area contributed by atoms with E-state index in [1.807, 2.05) is 31.4 Å². The van der Waals surface area contributed by atoms with Crippen molar-refractivity contribution < 1.29 is 9.47 Å². The van der Waals surface area contributed by atoms with Gasteiger partial charge in [0.25, 0.3) is 5.88 Å². The molecule has 6 nitrogen and oxygen atoms in total. The van der Waals surface area contributed by atoms with Gasteiger partial charge in [0.2, 0.25) is 0 Å². The molecule has 0 fully saturated rings. The second-order valence-electron chi connectivity index (χ2n) is 4.70. The maximum atomic E-state index is 6.03. The first-order valence-electron chi connectivity index (χ1n) is 6.90. The van der Waals surface area contributed by atoms with E-state index < -0.39 is 0 Å². The maximum Gasteiger partial charge on any atom is 0.257 e. The zero-order valence-electron chi connectivity index (χ0n) is 12.2. The minimum absolute atomic E-state index is 0.496. The van der Waals surface area contributed by atoms with Crippen molar-refractivity contribution in [2.24, 2.45) is 0 Å². The number of anilines is 1. The van der Waals surface area contributed by atoms with Gasteiger partial charge in [-0.1, -0.05) is 28.7 Å². The average Bonchev–Trinajstić information content (AvgIpc) is 2.81. The number of rotatable bonds is 9. The van der Waals surface area contributed by atoms with E-state index in [0.717, 1.165) is 36.2 Å². The fraction of sp³-hybridized carbons (Fsp3) is 0.500. The fourth-order valence-corrected chi connectivity index (χ4v) is 2.20. The van der Waals surface area contributed by atoms with E-state index >= 15 is 0 Å². The molecule has 0 unspecified atom stereocenters. The van der Waals surface area contributed by atoms with Crippen LogP contribution in [0.5, 0.6) is 5.88 Å². The Balaban J connectivity index is 1.76. The summed E-state index contributed by atoms with van der Waals surface area (Å²) >= 11 is 2.30. The van der Waals surface area contributed by atoms with Gasteiger partial charge >= 0.3 is 0 Å². The zero-order chi connectivity index (χ0) is 15.1. The molecule has 2 aromatic rings. The summed E-state index contributed by atoms with van der Waals surface area (Å²) in [6.07, 6.45) is 1.86. The van der Waals surface area contributed by atoms with Gasteiger partial charge in [-0.05, 0) is 19.2 Å². The first-order valence-corrected chi connectivity index (χ1v) is 8.43. The largest absolute Gasteiger partial charge is 0.474 e. The summed E-state index contributed by atoms with van der Waals surface area (Å²) < 4.78 is 13.9. The van der Waals surface area contributed by atoms with Gasteiger partial charge in [0.1, 0.15) is 12.3 Å². The third-order valence-electron chi connectivity index (χ3n) is 3.09. The van der Waals surface area contributed by atoms with Gasteiger partial charge in [-0.2, -0.15) is 0 Å². The molecular weight excluding hydrogens is 383 g/mol. The van der Waals surface area contributed by atoms with Crippen LogP contribution in [0.4, 0.5) is 5.69 Å². The van der Waals surface area contributed by atoms with Crippen LogP contribution in [0, 0.1) is 0 Å². The molecular formula is C14H21IN4O2. The van der Waals surface area contributed by atoms with Crippen LogP contribution < -0.4 is 10.5 Å². The summed E-state index contributed by atoms with van der Waals surface area (Å²) in [6, 6.07) is 5.76. The Bertz CT molecular complexity index is 561. The molecule has 0 spiro atoms. The van der Waals surface area contributed by atoms with Crippen molar-refractivity contribution in [3.05, 3.63) is 24.4 Å². The lowest BCUT2D eigenvalue weighted by molar-refractivity contribution is 0.119. The SMILES string of the molecule is CN(CCOCCI)CCOc1nn2ccccc2c1N. The standard InChI is InChI=1S/C14H21IN4O2/c1-18(7-10-20-9-5-15)8-11-21-14-13(16)12-4-2-3-6-19(12)17-14/h2-4,6H,5,7-11,16H2,1H3. The summed E-state index contributed by atoms with van der Waals surface area (Å²) in [4.78, 5) is 2.17. The number of likely N-dealkylation sites (N-methyl/N-ethyl adjacent to an activating group) is 1. The summed E-state index contributed by atoms with van der Waals surface area (Å²) in [5.41, 5.74) is 7.48. The number of halogens is 1. The second kappa shape index (κ2) is 8.40. The van der Waals surface area contributed by atoms with Crippen LogP contribution >= 0.6 is 22.6 Å². The number of pyridine rings is 1. The molecule has 0 saturated carbocycles. The molecule has 0 atom stereocenters. The van der Waals surface area contributed by atoms with Crippen LogP contribution in [0.1, 0.15) is 0 Å². The fourth-order valence-electron chi connectivity index (χ4n) is 1.89. The topological polar surface area (TPSA) is 65.0 Å². The second-order valence-corrected chi connectivity index (χ2v) is 5.78. The highest BCUT2D eigenvalue weighted by atomic mass is 127. The summed E-state index contributed by atoms with van der Waals surface area (Å²) in [5.74, 6) is 0.496. The lowest BCUT2D eigenvalue weighted by atomic mass is 10.4. The molecule has 0 aliphatic rings. The lowest BCUT2D eigenvalue weighted by Gasteiger charge is -2.16. The summed E-state index contributed by atoms with van der Waals surface area (Å²) in [7, 11) is 2.05. The van der Waals surface area contributed by atoms with E-state index in [2.05, 4.69) is 32.6 Å². The van der Waals surface area contributed by atoms with E-state index in [-0.39, 0.29) is 0 Å². The van der Waals surface area contributed by atoms with E-state index in [4.69, 9.17) is 15.2 Å². The first-order chi connectivity index (χ1) is 10.2. The van der Waals surface area contributed by atoms with Crippen molar-refractivity contribution in [1.29, 1.82) is 0 Å². The summed E-state index contributed by atoms with van der Waals surface area (Å²) in [5, 5.41) is 4.32. The van der Waals surface area contributed by atoms with Crippen LogP contribution in [-0.2, 0) is 4.74 Å². The number of nitrogens with zero attached hydrogens (tertiary/aromatic N) is 3. The molecule has 21 heavy (non-hydrogen) atoms. The van der Waals surface area contributed by atoms with Gasteiger partial charge in [0, 0.05) is 23.7 Å². The van der Waals surface area contributed by atoms with Gasteiger partial charge in [-0.25, -0.2) is 4.52 Å². The Labute approximate surface area is 138 Å². The lowest BCUT2D eigenvalue weighted by Crippen LogP contribution is -2.28. The number of hydrogen-bond donors (Lipinski definition) is 1. The predicted molar refractivity (Wildman–Crippen MR) is 92.3 cm³/mol. The molecule has 2 N–H and O–H groups in total. The predicted octanol–water partition coefficient (Wildman–Crippen LogP) is 1.68. The van der Waals surface area contributed by atoms with Gasteiger partial charge in [-0.3, -0.25) is 0 Å². The molecule has 0 saturated heterocycles. The third-order valence-corrected chi connectivity index (χ3v) is 3.54. The van der Waals surface area contributed by atoms with Crippen LogP contribution in [0.2, 0.25) is 0 Å². The Hall–Kier alpha value is -1.06. The Morgan fingerprint density at radius 1 is 1.29 bits per heavy atom. The number of fused-ring (bicyclic) bond motifs is 1. The minimum Gasteiger partial charge on any atom is -0.474 e. The molecule has 2 aromatic heterocycles. The minimum atomic E-state index is 0.496. The van der Waals surface area contributed by atoms with Crippen LogP contribution in [0.15, 0.2) is 24.4 Å². The number of hydrogen-bond acceptors (Lipinski definition) is 5. The van der Waals surface area contributed by atoms with E-state index in [1.54, 1.807) is 4.52 Å². The zero-order valence-corrected chi connectivity index (χ0v) is 14.3. The highest BCUT2D eigenvalue weighted by molar-refractivity contribution is 14.1. The first kappa shape index (κ1) is 16.3. The number of alkyl halides is 1. The summed E-state index contributed by atoms with van der Waals surface area (Å²) in [6.45, 7) is 3.80. The number of nitrogen functional groups attached to an aromatic ring is 1. The van der Waals surface area contributed by atoms with Crippen molar-refractivity contribution >= 4 is 33.8 Å². The smallest absolute Gasteiger partial charge is 0.257 e. The molecule has 0 aromatic carbocycles. The van der Waals surface area contributed by atoms with Gasteiger partial charge in [0.15, 0.2) is 0 Å². The Kier molecular flexibility index (Phi) is 6.52. The molecule has 0 aliphatic heterocycles. The number of aromatic nitrogens is 2. The molecule has 0 aliphatic carbocycles. The quantitative estimate of drug-likeness (QED) is 0.392. The van der Waals surface area contributed by atoms with E-state index in [1.165, 1.54) is 0 Å². The molecule has 2 heterocycles. The maximum absolute atomic E-state index is 6.03. The van der Waals surface area contributed by atoms with E-state index in [0.29, 0.717) is 18.2 Å². The molecule has 0 bridgehead atoms. The highest BCUT2D eigenvalue weighted by Crippen LogP contribution is 2.24. The third kappa shape index (κ3) is 4.72. The van der Waals surface area contributed by atoms with E-state index in [9.17, 15) is 0 Å². The van der Waals surface area contributed by atoms with Crippen LogP contribution in [0.3, 0.4) is 0 Å². The van der Waals surface area contributed by atoms with Crippen molar-refractivity contribution in [2.45, 2.75) is 0 Å². The van der Waals surface area contributed by atoms with Gasteiger partial charge < -0.3 is 20.1 Å². The monoisotopic (exact) mass is 404 g/mol. The Morgan fingerprint density at radius 3 is 2.86 bits per heavy atom. The van der Waals surface area contributed by atoms with Crippen molar-refractivity contribution in [2.75, 3.05) is 50.1 Å². The van der Waals surface area contributed by atoms with Crippen molar-refractivity contribution in [3.63, 3.8) is 0 Å². The molecule has 7 heteroatoms. The van der Waals surface area contributed by atoms with Crippen LogP contribution in [0.25, 0.3) is 5.52 Å². The number of ether oxygens (including phenoxy) is 2. The Morgan fingerprint density at radius 2 is 2.10 bits per heavy atom. The van der Waals surface area contributed by atoms with Gasteiger partial charge in [-0.15, -0.1) is 5.10 Å². The highest BCUT2D eigenvalue weighted by Gasteiger charge is 2.10. The van der Waals surface area contributed by atoms with Crippen molar-refractivity contribution in [3.8, 4) is 5.88 Å². The number of nitrogens with two attached hydrogens (primary N) is 1.